The van der Waals surface area contributed by atoms with Gasteiger partial charge in [0.25, 0.3) is 5.91 Å². The Morgan fingerprint density at radius 2 is 1.70 bits per heavy atom. The third-order valence-electron chi connectivity index (χ3n) is 5.33. The van der Waals surface area contributed by atoms with Crippen LogP contribution in [-0.2, 0) is 4.79 Å². The second kappa shape index (κ2) is 9.97. The average Bonchev–Trinajstić information content (AvgIpc) is 3.07. The highest BCUT2D eigenvalue weighted by Gasteiger charge is 2.31. The summed E-state index contributed by atoms with van der Waals surface area (Å²) in [6.45, 7) is 1.67. The lowest BCUT2D eigenvalue weighted by atomic mass is 10.2. The Morgan fingerprint density at radius 3 is 2.39 bits per heavy atom. The third-order valence-corrected chi connectivity index (χ3v) is 5.33. The van der Waals surface area contributed by atoms with Crippen molar-refractivity contribution in [3.8, 4) is 11.5 Å². The van der Waals surface area contributed by atoms with Gasteiger partial charge in [0.2, 0.25) is 0 Å². The fourth-order valence-electron chi connectivity index (χ4n) is 3.78. The van der Waals surface area contributed by atoms with Crippen LogP contribution in [0.2, 0.25) is 0 Å². The van der Waals surface area contributed by atoms with Gasteiger partial charge in [0, 0.05) is 24.2 Å². The van der Waals surface area contributed by atoms with E-state index in [0.29, 0.717) is 17.0 Å². The molecule has 9 heteroatoms. The van der Waals surface area contributed by atoms with Gasteiger partial charge in [0.1, 0.15) is 22.8 Å². The van der Waals surface area contributed by atoms with Crippen molar-refractivity contribution in [1.29, 1.82) is 0 Å². The summed E-state index contributed by atoms with van der Waals surface area (Å²) < 4.78 is 46.3. The van der Waals surface area contributed by atoms with Gasteiger partial charge in [0.15, 0.2) is 6.61 Å². The second-order valence-electron chi connectivity index (χ2n) is 7.81. The Hall–Kier alpha value is -3.49. The quantitative estimate of drug-likeness (QED) is 0.525. The van der Waals surface area contributed by atoms with Crippen LogP contribution in [-0.4, -0.2) is 36.9 Å². The fraction of sp³-hybridized carbons (Fsp3) is 0.333. The van der Waals surface area contributed by atoms with Gasteiger partial charge >= 0.3 is 6.36 Å². The van der Waals surface area contributed by atoms with E-state index in [9.17, 15) is 18.0 Å². The number of hydrogen-bond donors (Lipinski definition) is 1. The van der Waals surface area contributed by atoms with E-state index in [4.69, 9.17) is 9.72 Å². The summed E-state index contributed by atoms with van der Waals surface area (Å²) in [5.74, 6) is 0.582. The van der Waals surface area contributed by atoms with Crippen LogP contribution in [0, 0.1) is 0 Å². The summed E-state index contributed by atoms with van der Waals surface area (Å²) in [5.41, 5.74) is 1.01. The minimum absolute atomic E-state index is 0.268. The molecular weight excluding hydrogens is 435 g/mol. The molecule has 0 unspecified atom stereocenters. The van der Waals surface area contributed by atoms with Crippen molar-refractivity contribution in [3.63, 3.8) is 0 Å². The summed E-state index contributed by atoms with van der Waals surface area (Å²) in [4.78, 5) is 19.4. The van der Waals surface area contributed by atoms with Crippen molar-refractivity contribution in [2.75, 3.05) is 29.9 Å². The number of aromatic nitrogens is 1. The van der Waals surface area contributed by atoms with Gasteiger partial charge in [-0.25, -0.2) is 4.98 Å². The molecule has 0 spiro atoms. The molecule has 174 valence electrons. The summed E-state index contributed by atoms with van der Waals surface area (Å²) >= 11 is 0. The SMILES string of the molecule is O=C(COc1cccc2ccc(N3CCCCCC3)nc12)Nc1ccc(OC(F)(F)F)cc1. The van der Waals surface area contributed by atoms with Crippen molar-refractivity contribution in [2.45, 2.75) is 32.0 Å². The molecule has 1 aromatic heterocycles. The number of hydrogen-bond acceptors (Lipinski definition) is 5. The zero-order chi connectivity index (χ0) is 23.3. The highest BCUT2D eigenvalue weighted by molar-refractivity contribution is 5.92. The first-order valence-corrected chi connectivity index (χ1v) is 10.8. The smallest absolute Gasteiger partial charge is 0.481 e. The van der Waals surface area contributed by atoms with Crippen LogP contribution in [0.1, 0.15) is 25.7 Å². The Morgan fingerprint density at radius 1 is 0.970 bits per heavy atom. The molecule has 3 aromatic rings. The molecule has 2 aromatic carbocycles. The maximum atomic E-state index is 12.3. The molecule has 6 nitrogen and oxygen atoms in total. The van der Waals surface area contributed by atoms with Crippen molar-refractivity contribution < 1.29 is 27.4 Å². The first-order valence-electron chi connectivity index (χ1n) is 10.8. The molecule has 2 heterocycles. The van der Waals surface area contributed by atoms with Gasteiger partial charge in [0.05, 0.1) is 0 Å². The van der Waals surface area contributed by atoms with E-state index in [1.54, 1.807) is 6.07 Å². The van der Waals surface area contributed by atoms with E-state index in [2.05, 4.69) is 15.0 Å². The molecule has 1 saturated heterocycles. The summed E-state index contributed by atoms with van der Waals surface area (Å²) in [6, 6.07) is 14.5. The summed E-state index contributed by atoms with van der Waals surface area (Å²) in [6.07, 6.45) is -0.0296. The maximum absolute atomic E-state index is 12.3. The highest BCUT2D eigenvalue weighted by Crippen LogP contribution is 2.28. The number of carbonyl (C=O) groups is 1. The van der Waals surface area contributed by atoms with Crippen LogP contribution in [0.5, 0.6) is 11.5 Å². The predicted octanol–water partition coefficient (Wildman–Crippen LogP) is 5.53. The molecule has 0 aliphatic carbocycles. The van der Waals surface area contributed by atoms with Crippen molar-refractivity contribution in [1.82, 2.24) is 4.98 Å². The molecule has 33 heavy (non-hydrogen) atoms. The number of amides is 1. The van der Waals surface area contributed by atoms with Crippen LogP contribution in [0.4, 0.5) is 24.7 Å². The van der Waals surface area contributed by atoms with Crippen LogP contribution >= 0.6 is 0 Å². The topological polar surface area (TPSA) is 63.7 Å². The number of nitrogens with zero attached hydrogens (tertiary/aromatic N) is 2. The first-order chi connectivity index (χ1) is 15.9. The van der Waals surface area contributed by atoms with Gasteiger partial charge in [-0.2, -0.15) is 0 Å². The largest absolute Gasteiger partial charge is 0.573 e. The number of alkyl halides is 3. The molecule has 0 saturated carbocycles. The molecule has 1 aliphatic heterocycles. The Bertz CT molecular complexity index is 1100. The lowest BCUT2D eigenvalue weighted by molar-refractivity contribution is -0.274. The lowest BCUT2D eigenvalue weighted by Gasteiger charge is -2.22. The van der Waals surface area contributed by atoms with E-state index in [-0.39, 0.29) is 12.4 Å². The molecule has 1 amide bonds. The lowest BCUT2D eigenvalue weighted by Crippen LogP contribution is -2.24. The Balaban J connectivity index is 1.41. The monoisotopic (exact) mass is 459 g/mol. The highest BCUT2D eigenvalue weighted by atomic mass is 19.4. The molecule has 0 atom stereocenters. The predicted molar refractivity (Wildman–Crippen MR) is 120 cm³/mol. The molecule has 1 fully saturated rings. The fourth-order valence-corrected chi connectivity index (χ4v) is 3.78. The van der Waals surface area contributed by atoms with Gasteiger partial charge < -0.3 is 19.7 Å². The number of para-hydroxylation sites is 1. The van der Waals surface area contributed by atoms with Gasteiger partial charge in [-0.05, 0) is 55.3 Å². The van der Waals surface area contributed by atoms with Crippen LogP contribution < -0.4 is 19.7 Å². The second-order valence-corrected chi connectivity index (χ2v) is 7.81. The zero-order valence-electron chi connectivity index (χ0n) is 17.9. The Labute approximate surface area is 189 Å². The molecule has 0 bridgehead atoms. The van der Waals surface area contributed by atoms with Gasteiger partial charge in [-0.3, -0.25) is 4.79 Å². The van der Waals surface area contributed by atoms with E-state index in [1.165, 1.54) is 25.0 Å². The van der Waals surface area contributed by atoms with E-state index < -0.39 is 12.3 Å². The number of rotatable bonds is 6. The summed E-state index contributed by atoms with van der Waals surface area (Å²) in [7, 11) is 0. The standard InChI is InChI=1S/C24H24F3N3O3/c25-24(26,27)33-19-11-9-18(10-12-19)28-22(31)16-32-20-7-5-6-17-8-13-21(29-23(17)20)30-14-3-1-2-4-15-30/h5-13H,1-4,14-16H2,(H,28,31). The molecular formula is C24H24F3N3O3. The molecule has 0 radical (unpaired) electrons. The third kappa shape index (κ3) is 6.27. The van der Waals surface area contributed by atoms with Crippen LogP contribution in [0.3, 0.4) is 0 Å². The molecule has 1 aliphatic rings. The molecule has 1 N–H and O–H groups in total. The maximum Gasteiger partial charge on any atom is 0.573 e. The number of pyridine rings is 1. The number of anilines is 2. The number of halogens is 3. The molecule has 4 rings (SSSR count). The number of benzene rings is 2. The first kappa shape index (κ1) is 22.7. The van der Waals surface area contributed by atoms with E-state index >= 15 is 0 Å². The minimum Gasteiger partial charge on any atom is -0.481 e. The van der Waals surface area contributed by atoms with Crippen molar-refractivity contribution in [3.05, 3.63) is 54.6 Å². The van der Waals surface area contributed by atoms with Crippen LogP contribution in [0.15, 0.2) is 54.6 Å². The van der Waals surface area contributed by atoms with Crippen LogP contribution in [0.25, 0.3) is 10.9 Å². The normalized spacial score (nSPS) is 14.6. The van der Waals surface area contributed by atoms with Gasteiger partial charge in [-0.15, -0.1) is 13.2 Å². The van der Waals surface area contributed by atoms with Crippen molar-refractivity contribution in [2.24, 2.45) is 0 Å². The number of fused-ring (bicyclic) bond motifs is 1. The van der Waals surface area contributed by atoms with E-state index in [0.717, 1.165) is 49.3 Å². The number of ether oxygens (including phenoxy) is 2. The Kier molecular flexibility index (Phi) is 6.86. The average molecular weight is 459 g/mol. The number of nitrogens with one attached hydrogen (secondary N) is 1. The number of carbonyl (C=O) groups excluding carboxylic acids is 1. The zero-order valence-corrected chi connectivity index (χ0v) is 17.9. The minimum atomic E-state index is -4.77. The summed E-state index contributed by atoms with van der Waals surface area (Å²) in [5, 5.41) is 3.50. The van der Waals surface area contributed by atoms with Gasteiger partial charge in [-0.1, -0.05) is 25.0 Å². The van der Waals surface area contributed by atoms with E-state index in [1.807, 2.05) is 24.3 Å². The van der Waals surface area contributed by atoms with Crippen molar-refractivity contribution >= 4 is 28.3 Å².